The maximum atomic E-state index is 14.7. The molecule has 2 heterocycles. The van der Waals surface area contributed by atoms with E-state index in [1.165, 1.54) is 12.5 Å². The number of carboxylic acids is 1. The van der Waals surface area contributed by atoms with E-state index in [2.05, 4.69) is 57.2 Å². The van der Waals surface area contributed by atoms with Crippen LogP contribution < -0.4 is 65.9 Å². The lowest BCUT2D eigenvalue weighted by Crippen LogP contribution is -2.59. The van der Waals surface area contributed by atoms with Crippen molar-refractivity contribution >= 4 is 80.9 Å². The molecule has 0 spiro atoms. The lowest BCUT2D eigenvalue weighted by molar-refractivity contribution is -0.138. The maximum Gasteiger partial charge on any atom is 0.303 e. The van der Waals surface area contributed by atoms with Crippen LogP contribution in [0.5, 0.6) is 0 Å². The van der Waals surface area contributed by atoms with Crippen LogP contribution in [-0.2, 0) is 62.4 Å². The first-order valence-corrected chi connectivity index (χ1v) is 26.3. The highest BCUT2D eigenvalue weighted by Crippen LogP contribution is 2.22. The SMILES string of the molecule is CC(C)[C@H](NC(=O)[C@H](CCC(=O)O)NC(=O)[C@H](CCCCN)NC(=O)CNC(=O)[C@H](Cc1c[nH]c2ccccc12)NC(=O)[C@H](CCCN=C(N)N)NC(=O)[C@@H](Cc1cccc2ccccc12)NC(=O)[C@@H](N)Cc1cnc[nH]1)C(N)=O. The molecular formula is C54H74N16O10. The van der Waals surface area contributed by atoms with E-state index in [-0.39, 0.29) is 64.0 Å². The fourth-order valence-electron chi connectivity index (χ4n) is 8.88. The number of aromatic amines is 2. The number of rotatable bonds is 33. The normalized spacial score (nSPS) is 13.8. The van der Waals surface area contributed by atoms with Gasteiger partial charge in [0.25, 0.3) is 0 Å². The van der Waals surface area contributed by atoms with E-state index in [9.17, 15) is 48.3 Å². The molecule has 26 heteroatoms. The summed E-state index contributed by atoms with van der Waals surface area (Å²) in [6.45, 7) is 2.86. The predicted molar refractivity (Wildman–Crippen MR) is 298 cm³/mol. The van der Waals surface area contributed by atoms with Crippen molar-refractivity contribution in [2.75, 3.05) is 19.6 Å². The molecule has 0 fully saturated rings. The number of para-hydroxylation sites is 1. The highest BCUT2D eigenvalue weighted by Gasteiger charge is 2.34. The molecule has 8 amide bonds. The van der Waals surface area contributed by atoms with Crippen LogP contribution >= 0.6 is 0 Å². The number of H-pyrrole nitrogens is 2. The number of carboxylic acid groups (broad SMARTS) is 1. The molecule has 0 aliphatic carbocycles. The second kappa shape index (κ2) is 30.9. The molecular weight excluding hydrogens is 1030 g/mol. The number of fused-ring (bicyclic) bond motifs is 2. The molecule has 0 radical (unpaired) electrons. The number of benzene rings is 3. The van der Waals surface area contributed by atoms with Gasteiger partial charge in [0.15, 0.2) is 5.96 Å². The summed E-state index contributed by atoms with van der Waals surface area (Å²) in [5.41, 5.74) is 31.4. The molecule has 0 bridgehead atoms. The third kappa shape index (κ3) is 19.2. The first kappa shape index (κ1) is 61.9. The third-order valence-corrected chi connectivity index (χ3v) is 13.2. The van der Waals surface area contributed by atoms with Crippen molar-refractivity contribution in [1.29, 1.82) is 0 Å². The van der Waals surface area contributed by atoms with Gasteiger partial charge >= 0.3 is 5.97 Å². The number of carbonyl (C=O) groups is 9. The molecule has 0 saturated heterocycles. The zero-order chi connectivity index (χ0) is 58.3. The van der Waals surface area contributed by atoms with Gasteiger partial charge in [0.05, 0.1) is 18.9 Å². The molecule has 2 aromatic heterocycles. The number of aliphatic carboxylic acids is 1. The monoisotopic (exact) mass is 1110 g/mol. The van der Waals surface area contributed by atoms with Crippen LogP contribution in [0.4, 0.5) is 0 Å². The summed E-state index contributed by atoms with van der Waals surface area (Å²) in [6.07, 6.45) is 4.59. The highest BCUT2D eigenvalue weighted by molar-refractivity contribution is 5.98. The molecule has 20 N–H and O–H groups in total. The van der Waals surface area contributed by atoms with Crippen LogP contribution in [0.2, 0.25) is 0 Å². The number of aromatic nitrogens is 3. The first-order valence-electron chi connectivity index (χ1n) is 26.3. The molecule has 3 aromatic carbocycles. The molecule has 26 nitrogen and oxygen atoms in total. The van der Waals surface area contributed by atoms with Gasteiger partial charge in [0, 0.05) is 61.2 Å². The van der Waals surface area contributed by atoms with E-state index in [1.807, 2.05) is 60.7 Å². The quantitative estimate of drug-likeness (QED) is 0.0131. The number of imidazole rings is 1. The second-order valence-corrected chi connectivity index (χ2v) is 19.7. The summed E-state index contributed by atoms with van der Waals surface area (Å²) in [6, 6.07) is 11.3. The van der Waals surface area contributed by atoms with Gasteiger partial charge in [-0.15, -0.1) is 0 Å². The van der Waals surface area contributed by atoms with Gasteiger partial charge in [-0.2, -0.15) is 0 Å². The Balaban J connectivity index is 1.39. The molecule has 0 unspecified atom stereocenters. The average Bonchev–Trinajstić information content (AvgIpc) is 4.11. The van der Waals surface area contributed by atoms with Crippen LogP contribution in [0.15, 0.2) is 90.4 Å². The number of guanidine groups is 1. The van der Waals surface area contributed by atoms with E-state index >= 15 is 0 Å². The number of aliphatic imine (C=N–C) groups is 1. The van der Waals surface area contributed by atoms with Crippen LogP contribution in [0, 0.1) is 5.92 Å². The van der Waals surface area contributed by atoms with Gasteiger partial charge in [0.2, 0.25) is 47.3 Å². The third-order valence-electron chi connectivity index (χ3n) is 13.2. The van der Waals surface area contributed by atoms with Crippen LogP contribution in [0.3, 0.4) is 0 Å². The first-order chi connectivity index (χ1) is 38.2. The Hall–Kier alpha value is -8.91. The smallest absolute Gasteiger partial charge is 0.303 e. The van der Waals surface area contributed by atoms with Gasteiger partial charge in [-0.25, -0.2) is 4.98 Å². The fraction of sp³-hybridized carbons (Fsp3) is 0.426. The summed E-state index contributed by atoms with van der Waals surface area (Å²) >= 11 is 0. The average molecular weight is 1110 g/mol. The summed E-state index contributed by atoms with van der Waals surface area (Å²) in [5, 5.41) is 30.3. The largest absolute Gasteiger partial charge is 0.481 e. The van der Waals surface area contributed by atoms with Crippen molar-refractivity contribution < 1.29 is 48.3 Å². The topological polar surface area (TPSA) is 445 Å². The van der Waals surface area contributed by atoms with Gasteiger partial charge in [0.1, 0.15) is 36.3 Å². The van der Waals surface area contributed by atoms with Crippen LogP contribution in [-0.4, -0.2) is 141 Å². The van der Waals surface area contributed by atoms with E-state index in [4.69, 9.17) is 28.7 Å². The number of amides is 8. The van der Waals surface area contributed by atoms with Crippen molar-refractivity contribution in [2.45, 2.75) is 120 Å². The number of carbonyl (C=O) groups excluding carboxylic acids is 8. The lowest BCUT2D eigenvalue weighted by Gasteiger charge is -2.26. The van der Waals surface area contributed by atoms with Crippen molar-refractivity contribution in [1.82, 2.24) is 52.2 Å². The standard InChI is InChI=1S/C54H74N16O10/c1-30(2)46(47(57)74)70-52(79)41(19-20-45(72)73)67-50(77)39(17-7-8-21-55)65-44(71)28-63-49(76)42(24-33-26-62-38-16-6-5-15-36(33)38)69-51(78)40(18-10-22-61-54(58)59)66-53(80)43(68-48(75)37(56)25-34-27-60-29-64-34)23-32-13-9-12-31-11-3-4-14-35(31)32/h3-6,9,11-16,26-27,29-30,37,39-43,46,62H,7-8,10,17-25,28,55-56H2,1-2H3,(H2,57,74)(H,60,64)(H,63,76)(H,65,71)(H,66,80)(H,67,77)(H,68,75)(H,69,78)(H,70,79)(H,72,73)(H4,58,59,61)/t37-,39-,40-,41-,42-,43+,46-/m0/s1. The van der Waals surface area contributed by atoms with Crippen molar-refractivity contribution in [3.63, 3.8) is 0 Å². The fourth-order valence-corrected chi connectivity index (χ4v) is 8.88. The Morgan fingerprint density at radius 3 is 1.88 bits per heavy atom. The summed E-state index contributed by atoms with van der Waals surface area (Å²) in [7, 11) is 0. The van der Waals surface area contributed by atoms with Crippen LogP contribution in [0.1, 0.15) is 75.6 Å². The molecule has 5 rings (SSSR count). The zero-order valence-electron chi connectivity index (χ0n) is 44.8. The second-order valence-electron chi connectivity index (χ2n) is 19.7. The Morgan fingerprint density at radius 2 is 1.21 bits per heavy atom. The van der Waals surface area contributed by atoms with Gasteiger partial charge in [-0.05, 0) is 79.0 Å². The van der Waals surface area contributed by atoms with Gasteiger partial charge in [-0.3, -0.25) is 48.1 Å². The molecule has 430 valence electrons. The minimum Gasteiger partial charge on any atom is -0.481 e. The molecule has 0 aliphatic heterocycles. The number of nitrogens with one attached hydrogen (secondary N) is 9. The molecule has 5 aromatic rings. The lowest BCUT2D eigenvalue weighted by atomic mass is 9.97. The number of hydrogen-bond donors (Lipinski definition) is 15. The minimum absolute atomic E-state index is 0.0163. The molecule has 80 heavy (non-hydrogen) atoms. The Bertz CT molecular complexity index is 2950. The van der Waals surface area contributed by atoms with E-state index in [1.54, 1.807) is 26.1 Å². The zero-order valence-corrected chi connectivity index (χ0v) is 44.8. The predicted octanol–water partition coefficient (Wildman–Crippen LogP) is -1.39. The van der Waals surface area contributed by atoms with Gasteiger partial charge < -0.3 is 81.0 Å². The van der Waals surface area contributed by atoms with E-state index < -0.39 is 114 Å². The Labute approximate surface area is 461 Å². The molecule has 7 atom stereocenters. The number of hydrogen-bond acceptors (Lipinski definition) is 13. The number of nitrogens with zero attached hydrogens (tertiary/aromatic N) is 2. The van der Waals surface area contributed by atoms with Crippen molar-refractivity contribution in [3.8, 4) is 0 Å². The molecule has 0 saturated carbocycles. The highest BCUT2D eigenvalue weighted by atomic mass is 16.4. The molecule has 0 aliphatic rings. The Kier molecular flexibility index (Phi) is 23.9. The summed E-state index contributed by atoms with van der Waals surface area (Å²) < 4.78 is 0. The number of primary amides is 1. The number of unbranched alkanes of at least 4 members (excludes halogenated alkanes) is 1. The minimum atomic E-state index is -1.45. The summed E-state index contributed by atoms with van der Waals surface area (Å²) in [4.78, 5) is 136. The van der Waals surface area contributed by atoms with Crippen LogP contribution in [0.25, 0.3) is 21.7 Å². The van der Waals surface area contributed by atoms with Crippen molar-refractivity contribution in [3.05, 3.63) is 102 Å². The maximum absolute atomic E-state index is 14.7. The summed E-state index contributed by atoms with van der Waals surface area (Å²) in [5.74, 6) is -8.38. The van der Waals surface area contributed by atoms with E-state index in [0.717, 1.165) is 21.7 Å². The van der Waals surface area contributed by atoms with Gasteiger partial charge in [-0.1, -0.05) is 74.5 Å². The van der Waals surface area contributed by atoms with Crippen molar-refractivity contribution in [2.24, 2.45) is 39.6 Å². The Morgan fingerprint density at radius 1 is 0.625 bits per heavy atom. The van der Waals surface area contributed by atoms with E-state index in [0.29, 0.717) is 29.7 Å². The number of nitrogens with two attached hydrogens (primary N) is 5.